The topological polar surface area (TPSA) is 38.0 Å². The minimum atomic E-state index is -0.309. The van der Waals surface area contributed by atoms with Crippen molar-refractivity contribution in [2.75, 3.05) is 11.9 Å². The lowest BCUT2D eigenvalue weighted by Gasteiger charge is -2.42. The number of rotatable bonds is 3. The molecule has 3 rings (SSSR count). The number of hydrogen-bond acceptors (Lipinski definition) is 2. The average Bonchev–Trinajstić information content (AvgIpc) is 2.51. The lowest BCUT2D eigenvalue weighted by atomic mass is 9.72. The van der Waals surface area contributed by atoms with Crippen LogP contribution >= 0.6 is 0 Å². The third-order valence-corrected chi connectivity index (χ3v) is 4.57. The van der Waals surface area contributed by atoms with Crippen molar-refractivity contribution in [3.63, 3.8) is 0 Å². The van der Waals surface area contributed by atoms with Gasteiger partial charge in [0.05, 0.1) is 5.54 Å². The van der Waals surface area contributed by atoms with Crippen molar-refractivity contribution in [1.82, 2.24) is 0 Å². The zero-order valence-corrected chi connectivity index (χ0v) is 12.3. The molecule has 0 spiro atoms. The molecule has 3 heteroatoms. The van der Waals surface area contributed by atoms with Gasteiger partial charge in [-0.2, -0.15) is 0 Å². The number of hydrogen-bond donors (Lipinski definition) is 2. The van der Waals surface area contributed by atoms with Crippen molar-refractivity contribution < 1.29 is 4.39 Å². The van der Waals surface area contributed by atoms with Gasteiger partial charge in [0.15, 0.2) is 0 Å². The molecule has 0 amide bonds. The Morgan fingerprint density at radius 1 is 1.24 bits per heavy atom. The summed E-state index contributed by atoms with van der Waals surface area (Å²) in [6, 6.07) is 15.0. The van der Waals surface area contributed by atoms with Crippen LogP contribution in [0.5, 0.6) is 0 Å². The van der Waals surface area contributed by atoms with Gasteiger partial charge in [-0.1, -0.05) is 37.3 Å². The summed E-state index contributed by atoms with van der Waals surface area (Å²) in [5.41, 5.74) is 9.19. The molecule has 0 heterocycles. The Labute approximate surface area is 125 Å². The minimum absolute atomic E-state index is 0.232. The van der Waals surface area contributed by atoms with E-state index in [1.807, 2.05) is 6.07 Å². The molecular weight excluding hydrogens is 263 g/mol. The van der Waals surface area contributed by atoms with Crippen LogP contribution in [-0.2, 0) is 5.54 Å². The zero-order chi connectivity index (χ0) is 14.9. The van der Waals surface area contributed by atoms with E-state index in [0.717, 1.165) is 18.5 Å². The molecule has 2 aromatic carbocycles. The highest BCUT2D eigenvalue weighted by Gasteiger charge is 2.37. The standard InChI is InChI=1S/C18H21FN2/c1-13-9-10-18(12-20,17-8-3-2-7-16(13)17)21-15-6-4-5-14(19)11-15/h2-8,11,13,21H,9-10,12,20H2,1H3. The molecule has 3 N–H and O–H groups in total. The fourth-order valence-corrected chi connectivity index (χ4v) is 3.35. The highest BCUT2D eigenvalue weighted by atomic mass is 19.1. The zero-order valence-electron chi connectivity index (χ0n) is 12.3. The maximum Gasteiger partial charge on any atom is 0.125 e. The summed E-state index contributed by atoms with van der Waals surface area (Å²) in [7, 11) is 0. The van der Waals surface area contributed by atoms with Crippen LogP contribution in [0.1, 0.15) is 36.8 Å². The Bertz CT molecular complexity index is 641. The molecule has 2 aromatic rings. The molecule has 2 nitrogen and oxygen atoms in total. The number of halogens is 1. The van der Waals surface area contributed by atoms with E-state index >= 15 is 0 Å². The summed E-state index contributed by atoms with van der Waals surface area (Å²) in [6.45, 7) is 2.74. The molecule has 0 radical (unpaired) electrons. The first-order valence-electron chi connectivity index (χ1n) is 7.48. The number of nitrogens with one attached hydrogen (secondary N) is 1. The largest absolute Gasteiger partial charge is 0.374 e. The van der Waals surface area contributed by atoms with Gasteiger partial charge in [-0.25, -0.2) is 4.39 Å². The van der Waals surface area contributed by atoms with Crippen LogP contribution in [0.3, 0.4) is 0 Å². The molecule has 2 atom stereocenters. The molecule has 1 aliphatic rings. The highest BCUT2D eigenvalue weighted by Crippen LogP contribution is 2.42. The van der Waals surface area contributed by atoms with Gasteiger partial charge in [0.25, 0.3) is 0 Å². The molecule has 0 fully saturated rings. The van der Waals surface area contributed by atoms with Gasteiger partial charge in [-0.3, -0.25) is 0 Å². The Balaban J connectivity index is 2.03. The molecule has 0 bridgehead atoms. The summed E-state index contributed by atoms with van der Waals surface area (Å²) in [5.74, 6) is 0.305. The summed E-state index contributed by atoms with van der Waals surface area (Å²) in [5, 5.41) is 3.50. The van der Waals surface area contributed by atoms with Crippen molar-refractivity contribution in [2.24, 2.45) is 5.73 Å². The predicted octanol–water partition coefficient (Wildman–Crippen LogP) is 3.99. The normalized spacial score (nSPS) is 24.4. The van der Waals surface area contributed by atoms with E-state index in [1.165, 1.54) is 23.3 Å². The number of anilines is 1. The molecule has 0 saturated heterocycles. The van der Waals surface area contributed by atoms with Gasteiger partial charge in [0.2, 0.25) is 0 Å². The lowest BCUT2D eigenvalue weighted by Crippen LogP contribution is -2.45. The van der Waals surface area contributed by atoms with E-state index in [9.17, 15) is 4.39 Å². The fourth-order valence-electron chi connectivity index (χ4n) is 3.35. The van der Waals surface area contributed by atoms with E-state index < -0.39 is 0 Å². The van der Waals surface area contributed by atoms with Gasteiger partial charge >= 0.3 is 0 Å². The monoisotopic (exact) mass is 284 g/mol. The van der Waals surface area contributed by atoms with Crippen LogP contribution in [0.15, 0.2) is 48.5 Å². The summed E-state index contributed by atoms with van der Waals surface area (Å²) in [4.78, 5) is 0. The quantitative estimate of drug-likeness (QED) is 0.894. The van der Waals surface area contributed by atoms with Gasteiger partial charge in [0, 0.05) is 12.2 Å². The lowest BCUT2D eigenvalue weighted by molar-refractivity contribution is 0.391. The maximum absolute atomic E-state index is 13.4. The van der Waals surface area contributed by atoms with E-state index in [0.29, 0.717) is 12.5 Å². The SMILES string of the molecule is CC1CCC(CN)(Nc2cccc(F)c2)c2ccccc21. The Hall–Kier alpha value is -1.87. The summed E-state index contributed by atoms with van der Waals surface area (Å²) >= 11 is 0. The first kappa shape index (κ1) is 14.1. The van der Waals surface area contributed by atoms with Gasteiger partial charge in [0.1, 0.15) is 5.82 Å². The van der Waals surface area contributed by atoms with Gasteiger partial charge in [-0.15, -0.1) is 0 Å². The van der Waals surface area contributed by atoms with Gasteiger partial charge < -0.3 is 11.1 Å². The number of benzene rings is 2. The van der Waals surface area contributed by atoms with Crippen molar-refractivity contribution in [2.45, 2.75) is 31.2 Å². The third-order valence-electron chi connectivity index (χ3n) is 4.57. The van der Waals surface area contributed by atoms with E-state index in [4.69, 9.17) is 5.73 Å². The van der Waals surface area contributed by atoms with E-state index in [1.54, 1.807) is 6.07 Å². The minimum Gasteiger partial charge on any atom is -0.374 e. The van der Waals surface area contributed by atoms with Crippen molar-refractivity contribution in [3.8, 4) is 0 Å². The van der Waals surface area contributed by atoms with Crippen LogP contribution in [-0.4, -0.2) is 6.54 Å². The Morgan fingerprint density at radius 2 is 2.05 bits per heavy atom. The van der Waals surface area contributed by atoms with Crippen molar-refractivity contribution in [3.05, 3.63) is 65.5 Å². The van der Waals surface area contributed by atoms with E-state index in [2.05, 4.69) is 36.5 Å². The van der Waals surface area contributed by atoms with Crippen LogP contribution in [0, 0.1) is 5.82 Å². The number of fused-ring (bicyclic) bond motifs is 1. The molecular formula is C18H21FN2. The molecule has 21 heavy (non-hydrogen) atoms. The average molecular weight is 284 g/mol. The van der Waals surface area contributed by atoms with Crippen LogP contribution in [0.2, 0.25) is 0 Å². The maximum atomic E-state index is 13.4. The van der Waals surface area contributed by atoms with Crippen LogP contribution in [0.25, 0.3) is 0 Å². The smallest absolute Gasteiger partial charge is 0.125 e. The first-order valence-corrected chi connectivity index (χ1v) is 7.48. The molecule has 2 unspecified atom stereocenters. The second-order valence-electron chi connectivity index (χ2n) is 5.95. The third kappa shape index (κ3) is 2.54. The fraction of sp³-hybridized carbons (Fsp3) is 0.333. The molecule has 1 aliphatic carbocycles. The summed E-state index contributed by atoms with van der Waals surface area (Å²) in [6.07, 6.45) is 2.04. The molecule has 0 saturated carbocycles. The van der Waals surface area contributed by atoms with Gasteiger partial charge in [-0.05, 0) is 48.1 Å². The first-order chi connectivity index (χ1) is 10.1. The van der Waals surface area contributed by atoms with E-state index in [-0.39, 0.29) is 11.4 Å². The second-order valence-corrected chi connectivity index (χ2v) is 5.95. The predicted molar refractivity (Wildman–Crippen MR) is 84.8 cm³/mol. The van der Waals surface area contributed by atoms with Crippen molar-refractivity contribution >= 4 is 5.69 Å². The second kappa shape index (κ2) is 5.49. The molecule has 0 aliphatic heterocycles. The molecule has 110 valence electrons. The van der Waals surface area contributed by atoms with Crippen LogP contribution < -0.4 is 11.1 Å². The van der Waals surface area contributed by atoms with Crippen LogP contribution in [0.4, 0.5) is 10.1 Å². The van der Waals surface area contributed by atoms with Crippen molar-refractivity contribution in [1.29, 1.82) is 0 Å². The Kier molecular flexibility index (Phi) is 3.68. The molecule has 0 aromatic heterocycles. The number of nitrogens with two attached hydrogens (primary N) is 1. The highest BCUT2D eigenvalue weighted by molar-refractivity contribution is 5.51. The summed E-state index contributed by atoms with van der Waals surface area (Å²) < 4.78 is 13.4. The Morgan fingerprint density at radius 3 is 2.81 bits per heavy atom.